The first kappa shape index (κ1) is 21.5. The summed E-state index contributed by atoms with van der Waals surface area (Å²) >= 11 is 0. The number of amides is 1. The lowest BCUT2D eigenvalue weighted by atomic mass is 10.1. The molecule has 3 rings (SSSR count). The predicted octanol–water partition coefficient (Wildman–Crippen LogP) is 3.29. The minimum Gasteiger partial charge on any atom is -0.355 e. The second-order valence-corrected chi connectivity index (χ2v) is 9.30. The average Bonchev–Trinajstić information content (AvgIpc) is 3.00. The molecular formula is C22H27FN2O3S. The second-order valence-electron chi connectivity index (χ2n) is 7.37. The second kappa shape index (κ2) is 9.98. The molecule has 0 unspecified atom stereocenters. The molecule has 0 aliphatic carbocycles. The van der Waals surface area contributed by atoms with E-state index in [2.05, 4.69) is 5.32 Å². The van der Waals surface area contributed by atoms with Crippen molar-refractivity contribution in [3.8, 4) is 0 Å². The monoisotopic (exact) mass is 418 g/mol. The zero-order valence-corrected chi connectivity index (χ0v) is 17.3. The summed E-state index contributed by atoms with van der Waals surface area (Å²) < 4.78 is 40.1. The van der Waals surface area contributed by atoms with Gasteiger partial charge in [0.2, 0.25) is 15.9 Å². The summed E-state index contributed by atoms with van der Waals surface area (Å²) in [6.07, 6.45) is 4.80. The van der Waals surface area contributed by atoms with Gasteiger partial charge in [-0.1, -0.05) is 37.1 Å². The van der Waals surface area contributed by atoms with Gasteiger partial charge >= 0.3 is 0 Å². The molecule has 1 heterocycles. The van der Waals surface area contributed by atoms with Crippen LogP contribution in [0.3, 0.4) is 0 Å². The Bertz CT molecular complexity index is 904. The first-order chi connectivity index (χ1) is 13.9. The predicted molar refractivity (Wildman–Crippen MR) is 110 cm³/mol. The highest BCUT2D eigenvalue weighted by Gasteiger charge is 2.24. The van der Waals surface area contributed by atoms with Crippen LogP contribution < -0.4 is 5.32 Å². The van der Waals surface area contributed by atoms with Crippen LogP contribution in [0.2, 0.25) is 0 Å². The van der Waals surface area contributed by atoms with Crippen molar-refractivity contribution in [2.24, 2.45) is 0 Å². The number of carbonyl (C=O) groups is 1. The molecule has 29 heavy (non-hydrogen) atoms. The van der Waals surface area contributed by atoms with Gasteiger partial charge in [-0.05, 0) is 54.7 Å². The van der Waals surface area contributed by atoms with Gasteiger partial charge in [0.1, 0.15) is 5.82 Å². The van der Waals surface area contributed by atoms with Crippen molar-refractivity contribution >= 4 is 15.9 Å². The van der Waals surface area contributed by atoms with Crippen molar-refractivity contribution in [3.05, 3.63) is 65.5 Å². The van der Waals surface area contributed by atoms with Gasteiger partial charge in [-0.3, -0.25) is 4.79 Å². The van der Waals surface area contributed by atoms with Crippen LogP contribution in [0.15, 0.2) is 53.4 Å². The van der Waals surface area contributed by atoms with Crippen LogP contribution >= 0.6 is 0 Å². The fraction of sp³-hybridized carbons (Fsp3) is 0.409. The summed E-state index contributed by atoms with van der Waals surface area (Å²) in [4.78, 5) is 12.3. The van der Waals surface area contributed by atoms with Gasteiger partial charge in [0.05, 0.1) is 11.3 Å². The molecule has 2 aromatic carbocycles. The van der Waals surface area contributed by atoms with Crippen molar-refractivity contribution in [1.82, 2.24) is 9.62 Å². The van der Waals surface area contributed by atoms with E-state index in [0.29, 0.717) is 31.0 Å². The minimum absolute atomic E-state index is 0.128. The highest BCUT2D eigenvalue weighted by molar-refractivity contribution is 7.89. The maximum absolute atomic E-state index is 12.9. The molecule has 1 aliphatic rings. The van der Waals surface area contributed by atoms with E-state index >= 15 is 0 Å². The summed E-state index contributed by atoms with van der Waals surface area (Å²) in [5, 5.41) is 2.84. The molecule has 1 saturated heterocycles. The van der Waals surface area contributed by atoms with Gasteiger partial charge in [-0.25, -0.2) is 12.8 Å². The van der Waals surface area contributed by atoms with Crippen molar-refractivity contribution in [1.29, 1.82) is 0 Å². The van der Waals surface area contributed by atoms with E-state index in [0.717, 1.165) is 36.8 Å². The van der Waals surface area contributed by atoms with Crippen molar-refractivity contribution in [3.63, 3.8) is 0 Å². The number of hydrogen-bond donors (Lipinski definition) is 1. The number of hydrogen-bond acceptors (Lipinski definition) is 3. The van der Waals surface area contributed by atoms with Crippen molar-refractivity contribution in [2.45, 2.75) is 43.4 Å². The Balaban J connectivity index is 1.50. The molecule has 5 nitrogen and oxygen atoms in total. The summed E-state index contributed by atoms with van der Waals surface area (Å²) in [5.41, 5.74) is 1.72. The number of nitrogens with zero attached hydrogens (tertiary/aromatic N) is 1. The first-order valence-electron chi connectivity index (χ1n) is 10.1. The topological polar surface area (TPSA) is 66.5 Å². The molecule has 2 aromatic rings. The average molecular weight is 419 g/mol. The van der Waals surface area contributed by atoms with E-state index < -0.39 is 10.0 Å². The zero-order valence-electron chi connectivity index (χ0n) is 16.4. The molecule has 0 aromatic heterocycles. The molecule has 0 spiro atoms. The fourth-order valence-corrected chi connectivity index (χ4v) is 4.97. The van der Waals surface area contributed by atoms with E-state index in [1.165, 1.54) is 12.1 Å². The van der Waals surface area contributed by atoms with E-state index in [1.54, 1.807) is 40.7 Å². The number of benzene rings is 2. The maximum Gasteiger partial charge on any atom is 0.243 e. The quantitative estimate of drug-likeness (QED) is 0.750. The van der Waals surface area contributed by atoms with Crippen LogP contribution in [-0.2, 0) is 27.7 Å². The molecule has 1 aliphatic heterocycles. The highest BCUT2D eigenvalue weighted by Crippen LogP contribution is 2.20. The third-order valence-corrected chi connectivity index (χ3v) is 7.05. The summed E-state index contributed by atoms with van der Waals surface area (Å²) in [6.45, 7) is 1.63. The smallest absolute Gasteiger partial charge is 0.243 e. The Kier molecular flexibility index (Phi) is 7.39. The normalized spacial score (nSPS) is 15.6. The Labute approximate surface area is 172 Å². The molecule has 0 atom stereocenters. The largest absolute Gasteiger partial charge is 0.355 e. The van der Waals surface area contributed by atoms with E-state index in [-0.39, 0.29) is 18.1 Å². The third-order valence-electron chi connectivity index (χ3n) is 5.14. The molecular weight excluding hydrogens is 391 g/mol. The number of rotatable bonds is 7. The molecule has 1 N–H and O–H groups in total. The van der Waals surface area contributed by atoms with Gasteiger partial charge < -0.3 is 5.32 Å². The summed E-state index contributed by atoms with van der Waals surface area (Å²) in [5.74, 6) is -0.451. The van der Waals surface area contributed by atoms with Crippen molar-refractivity contribution < 1.29 is 17.6 Å². The van der Waals surface area contributed by atoms with Gasteiger partial charge in [-0.15, -0.1) is 0 Å². The third kappa shape index (κ3) is 6.11. The summed E-state index contributed by atoms with van der Waals surface area (Å²) in [7, 11) is -3.44. The van der Waals surface area contributed by atoms with Crippen LogP contribution in [0.25, 0.3) is 0 Å². The SMILES string of the molecule is O=C(Cc1ccc(F)cc1)NCCc1ccc(S(=O)(=O)N2CCCCCC2)cc1. The van der Waals surface area contributed by atoms with Crippen LogP contribution in [-0.4, -0.2) is 38.3 Å². The Morgan fingerprint density at radius 3 is 2.10 bits per heavy atom. The molecule has 1 amide bonds. The lowest BCUT2D eigenvalue weighted by Gasteiger charge is -2.20. The number of sulfonamides is 1. The maximum atomic E-state index is 12.9. The van der Waals surface area contributed by atoms with Gasteiger partial charge in [0, 0.05) is 19.6 Å². The molecule has 0 radical (unpaired) electrons. The van der Waals surface area contributed by atoms with Gasteiger partial charge in [-0.2, -0.15) is 4.31 Å². The van der Waals surface area contributed by atoms with Gasteiger partial charge in [0.15, 0.2) is 0 Å². The number of carbonyl (C=O) groups excluding carboxylic acids is 1. The van der Waals surface area contributed by atoms with E-state index in [4.69, 9.17) is 0 Å². The first-order valence-corrected chi connectivity index (χ1v) is 11.5. The lowest BCUT2D eigenvalue weighted by Crippen LogP contribution is -2.31. The molecule has 0 bridgehead atoms. The standard InChI is InChI=1S/C22H27FN2O3S/c23-20-9-5-19(6-10-20)17-22(26)24-14-13-18-7-11-21(12-8-18)29(27,28)25-15-3-1-2-4-16-25/h5-12H,1-4,13-17H2,(H,24,26). The summed E-state index contributed by atoms with van der Waals surface area (Å²) in [6, 6.07) is 12.8. The Hall–Kier alpha value is -2.25. The minimum atomic E-state index is -3.44. The molecule has 0 saturated carbocycles. The van der Waals surface area contributed by atoms with Crippen LogP contribution in [0.1, 0.15) is 36.8 Å². The fourth-order valence-electron chi connectivity index (χ4n) is 3.46. The molecule has 1 fully saturated rings. The Morgan fingerprint density at radius 2 is 1.48 bits per heavy atom. The van der Waals surface area contributed by atoms with Crippen LogP contribution in [0.4, 0.5) is 4.39 Å². The molecule has 156 valence electrons. The van der Waals surface area contributed by atoms with E-state index in [1.807, 2.05) is 0 Å². The van der Waals surface area contributed by atoms with E-state index in [9.17, 15) is 17.6 Å². The number of nitrogens with one attached hydrogen (secondary N) is 1. The lowest BCUT2D eigenvalue weighted by molar-refractivity contribution is -0.120. The van der Waals surface area contributed by atoms with Crippen molar-refractivity contribution in [2.75, 3.05) is 19.6 Å². The van der Waals surface area contributed by atoms with Gasteiger partial charge in [0.25, 0.3) is 0 Å². The van der Waals surface area contributed by atoms with Crippen LogP contribution in [0.5, 0.6) is 0 Å². The molecule has 7 heteroatoms. The number of halogens is 1. The highest BCUT2D eigenvalue weighted by atomic mass is 32.2. The van der Waals surface area contributed by atoms with Crippen LogP contribution in [0, 0.1) is 5.82 Å². The zero-order chi connectivity index (χ0) is 20.7. The Morgan fingerprint density at radius 1 is 0.897 bits per heavy atom.